The first-order chi connectivity index (χ1) is 7.59. The third kappa shape index (κ3) is 5.21. The Morgan fingerprint density at radius 2 is 2.06 bits per heavy atom. The minimum Gasteiger partial charge on any atom is -0.327 e. The fourth-order valence-corrected chi connectivity index (χ4v) is 2.51. The van der Waals surface area contributed by atoms with E-state index in [1.54, 1.807) is 11.8 Å². The quantitative estimate of drug-likeness (QED) is 0.796. The topological polar surface area (TPSA) is 29.3 Å². The van der Waals surface area contributed by atoms with Crippen LogP contribution in [0.4, 0.5) is 0 Å². The number of nitrogens with two attached hydrogens (primary N) is 1. The molecule has 0 aliphatic heterocycles. The maximum Gasteiger partial charge on any atom is 0.0541 e. The molecule has 1 atom stereocenters. The number of nitrogens with zero attached hydrogens (tertiary/aromatic N) is 1. The molecule has 0 saturated heterocycles. The van der Waals surface area contributed by atoms with Gasteiger partial charge >= 0.3 is 0 Å². The van der Waals surface area contributed by atoms with Gasteiger partial charge in [0.1, 0.15) is 0 Å². The molecule has 0 aromatic heterocycles. The van der Waals surface area contributed by atoms with Gasteiger partial charge < -0.3 is 10.6 Å². The van der Waals surface area contributed by atoms with Crippen LogP contribution in [-0.2, 0) is 0 Å². The van der Waals surface area contributed by atoms with E-state index in [1.807, 2.05) is 24.3 Å². The Morgan fingerprint density at radius 1 is 1.38 bits per heavy atom. The SMILES string of the molecule is CN(C)CCC(N)CSc1ccccc1Cl. The van der Waals surface area contributed by atoms with Gasteiger partial charge in [-0.1, -0.05) is 23.7 Å². The van der Waals surface area contributed by atoms with E-state index >= 15 is 0 Å². The van der Waals surface area contributed by atoms with Crippen LogP contribution in [0, 0.1) is 0 Å². The second kappa shape index (κ2) is 7.17. The lowest BCUT2D eigenvalue weighted by atomic mass is 10.2. The number of thioether (sulfide) groups is 1. The molecule has 0 fully saturated rings. The third-order valence-corrected chi connectivity index (χ3v) is 3.94. The van der Waals surface area contributed by atoms with Gasteiger partial charge in [0.05, 0.1) is 5.02 Å². The van der Waals surface area contributed by atoms with E-state index in [4.69, 9.17) is 17.3 Å². The van der Waals surface area contributed by atoms with E-state index in [9.17, 15) is 0 Å². The molecule has 0 saturated carbocycles. The predicted octanol–water partition coefficient (Wildman–Crippen LogP) is 2.71. The lowest BCUT2D eigenvalue weighted by Gasteiger charge is -2.15. The molecule has 90 valence electrons. The number of rotatable bonds is 6. The lowest BCUT2D eigenvalue weighted by Crippen LogP contribution is -2.28. The molecule has 1 aromatic rings. The Balaban J connectivity index is 2.31. The summed E-state index contributed by atoms with van der Waals surface area (Å²) >= 11 is 7.80. The molecular formula is C12H19ClN2S. The zero-order valence-electron chi connectivity index (χ0n) is 9.82. The summed E-state index contributed by atoms with van der Waals surface area (Å²) in [6.45, 7) is 1.03. The first-order valence-corrected chi connectivity index (χ1v) is 6.73. The van der Waals surface area contributed by atoms with Gasteiger partial charge in [0.15, 0.2) is 0 Å². The van der Waals surface area contributed by atoms with Crippen molar-refractivity contribution in [2.75, 3.05) is 26.4 Å². The molecular weight excluding hydrogens is 240 g/mol. The smallest absolute Gasteiger partial charge is 0.0541 e. The van der Waals surface area contributed by atoms with Crippen molar-refractivity contribution in [3.8, 4) is 0 Å². The summed E-state index contributed by atoms with van der Waals surface area (Å²) in [5.41, 5.74) is 6.03. The van der Waals surface area contributed by atoms with Crippen molar-refractivity contribution in [1.29, 1.82) is 0 Å². The first-order valence-electron chi connectivity index (χ1n) is 5.37. The van der Waals surface area contributed by atoms with Crippen LogP contribution in [0.2, 0.25) is 5.02 Å². The highest BCUT2D eigenvalue weighted by Crippen LogP contribution is 2.26. The van der Waals surface area contributed by atoms with Gasteiger partial charge in [0.2, 0.25) is 0 Å². The van der Waals surface area contributed by atoms with E-state index in [-0.39, 0.29) is 6.04 Å². The number of benzene rings is 1. The Hall–Kier alpha value is -0.220. The molecule has 4 heteroatoms. The molecule has 0 radical (unpaired) electrons. The van der Waals surface area contributed by atoms with E-state index in [2.05, 4.69) is 19.0 Å². The van der Waals surface area contributed by atoms with Gasteiger partial charge in [-0.2, -0.15) is 0 Å². The summed E-state index contributed by atoms with van der Waals surface area (Å²) in [5, 5.41) is 0.812. The van der Waals surface area contributed by atoms with E-state index in [0.29, 0.717) is 0 Å². The van der Waals surface area contributed by atoms with E-state index < -0.39 is 0 Å². The molecule has 0 aliphatic carbocycles. The largest absolute Gasteiger partial charge is 0.327 e. The van der Waals surface area contributed by atoms with Gasteiger partial charge in [-0.3, -0.25) is 0 Å². The predicted molar refractivity (Wildman–Crippen MR) is 73.3 cm³/mol. The number of halogens is 1. The third-order valence-electron chi connectivity index (χ3n) is 2.24. The molecule has 0 spiro atoms. The average Bonchev–Trinajstić information content (AvgIpc) is 2.25. The summed E-state index contributed by atoms with van der Waals surface area (Å²) in [7, 11) is 4.13. The highest BCUT2D eigenvalue weighted by atomic mass is 35.5. The summed E-state index contributed by atoms with van der Waals surface area (Å²) in [4.78, 5) is 3.27. The van der Waals surface area contributed by atoms with Crippen molar-refractivity contribution in [2.45, 2.75) is 17.4 Å². The van der Waals surface area contributed by atoms with Crippen LogP contribution >= 0.6 is 23.4 Å². The highest BCUT2D eigenvalue weighted by molar-refractivity contribution is 7.99. The number of hydrogen-bond acceptors (Lipinski definition) is 3. The molecule has 2 nitrogen and oxygen atoms in total. The second-order valence-electron chi connectivity index (χ2n) is 4.09. The molecule has 1 aromatic carbocycles. The van der Waals surface area contributed by atoms with Crippen molar-refractivity contribution in [3.63, 3.8) is 0 Å². The standard InChI is InChI=1S/C12H19ClN2S/c1-15(2)8-7-10(14)9-16-12-6-4-3-5-11(12)13/h3-6,10H,7-9,14H2,1-2H3. The minimum atomic E-state index is 0.226. The zero-order valence-corrected chi connectivity index (χ0v) is 11.4. The van der Waals surface area contributed by atoms with Crippen LogP contribution in [-0.4, -0.2) is 37.3 Å². The van der Waals surface area contributed by atoms with Crippen molar-refractivity contribution in [2.24, 2.45) is 5.73 Å². The second-order valence-corrected chi connectivity index (χ2v) is 5.56. The Labute approximate surface area is 107 Å². The Bertz CT molecular complexity index is 318. The van der Waals surface area contributed by atoms with Crippen LogP contribution in [0.15, 0.2) is 29.2 Å². The lowest BCUT2D eigenvalue weighted by molar-refractivity contribution is 0.387. The van der Waals surface area contributed by atoms with Gasteiger partial charge in [-0.05, 0) is 39.2 Å². The molecule has 1 unspecified atom stereocenters. The fourth-order valence-electron chi connectivity index (χ4n) is 1.27. The molecule has 0 aliphatic rings. The van der Waals surface area contributed by atoms with Crippen molar-refractivity contribution in [1.82, 2.24) is 4.90 Å². The monoisotopic (exact) mass is 258 g/mol. The fraction of sp³-hybridized carbons (Fsp3) is 0.500. The summed E-state index contributed by atoms with van der Waals surface area (Å²) in [5.74, 6) is 0.914. The molecule has 1 rings (SSSR count). The van der Waals surface area contributed by atoms with Gasteiger partial charge in [-0.15, -0.1) is 11.8 Å². The van der Waals surface area contributed by atoms with Crippen LogP contribution in [0.1, 0.15) is 6.42 Å². The van der Waals surface area contributed by atoms with Crippen molar-refractivity contribution in [3.05, 3.63) is 29.3 Å². The Morgan fingerprint density at radius 3 is 2.69 bits per heavy atom. The molecule has 16 heavy (non-hydrogen) atoms. The van der Waals surface area contributed by atoms with Gasteiger partial charge in [0.25, 0.3) is 0 Å². The summed E-state index contributed by atoms with van der Waals surface area (Å²) < 4.78 is 0. The van der Waals surface area contributed by atoms with Crippen molar-refractivity contribution >= 4 is 23.4 Å². The van der Waals surface area contributed by atoms with E-state index in [1.165, 1.54) is 0 Å². The highest BCUT2D eigenvalue weighted by Gasteiger charge is 2.06. The van der Waals surface area contributed by atoms with Crippen LogP contribution in [0.25, 0.3) is 0 Å². The summed E-state index contributed by atoms with van der Waals surface area (Å²) in [6.07, 6.45) is 1.02. The molecule has 0 heterocycles. The number of hydrogen-bond donors (Lipinski definition) is 1. The summed E-state index contributed by atoms with van der Waals surface area (Å²) in [6, 6.07) is 8.11. The van der Waals surface area contributed by atoms with Crippen LogP contribution < -0.4 is 5.73 Å². The van der Waals surface area contributed by atoms with E-state index in [0.717, 1.165) is 28.6 Å². The molecule has 0 amide bonds. The Kier molecular flexibility index (Phi) is 6.21. The van der Waals surface area contributed by atoms with Gasteiger partial charge in [0, 0.05) is 16.7 Å². The molecule has 2 N–H and O–H groups in total. The zero-order chi connectivity index (χ0) is 12.0. The molecule has 0 bridgehead atoms. The minimum absolute atomic E-state index is 0.226. The van der Waals surface area contributed by atoms with Crippen LogP contribution in [0.5, 0.6) is 0 Å². The van der Waals surface area contributed by atoms with Crippen molar-refractivity contribution < 1.29 is 0 Å². The van der Waals surface area contributed by atoms with Gasteiger partial charge in [-0.25, -0.2) is 0 Å². The van der Waals surface area contributed by atoms with Crippen LogP contribution in [0.3, 0.4) is 0 Å². The first kappa shape index (κ1) is 13.8. The maximum atomic E-state index is 6.07. The maximum absolute atomic E-state index is 6.07. The average molecular weight is 259 g/mol. The normalized spacial score (nSPS) is 13.1.